The van der Waals surface area contributed by atoms with Gasteiger partial charge in [-0.2, -0.15) is 10.4 Å². The number of fused-ring (bicyclic) bond motifs is 1. The van der Waals surface area contributed by atoms with Crippen molar-refractivity contribution < 1.29 is 20.1 Å². The van der Waals surface area contributed by atoms with Gasteiger partial charge < -0.3 is 24.6 Å². The molecule has 3 N–H and O–H groups in total. The van der Waals surface area contributed by atoms with Gasteiger partial charge in [0.15, 0.2) is 11.9 Å². The van der Waals surface area contributed by atoms with Crippen molar-refractivity contribution in [2.24, 2.45) is 0 Å². The Bertz CT molecular complexity index is 643. The molecule has 3 heterocycles. The van der Waals surface area contributed by atoms with Gasteiger partial charge in [-0.25, -0.2) is 4.52 Å². The number of ether oxygens (including phenoxy) is 1. The second-order valence-corrected chi connectivity index (χ2v) is 4.37. The molecule has 4 atom stereocenters. The van der Waals surface area contributed by atoms with Gasteiger partial charge in [-0.3, -0.25) is 0 Å². The minimum absolute atomic E-state index is 0.336. The summed E-state index contributed by atoms with van der Waals surface area (Å²) in [5, 5.41) is 41.8. The molecule has 1 saturated heterocycles. The molecule has 1 aliphatic heterocycles. The van der Waals surface area contributed by atoms with E-state index in [2.05, 4.69) is 5.10 Å². The van der Waals surface area contributed by atoms with Gasteiger partial charge in [0.25, 0.3) is 0 Å². The zero-order valence-electron chi connectivity index (χ0n) is 9.79. The molecule has 0 aromatic carbocycles. The van der Waals surface area contributed by atoms with Crippen molar-refractivity contribution in [1.29, 1.82) is 5.26 Å². The van der Waals surface area contributed by atoms with Gasteiger partial charge in [0, 0.05) is 12.4 Å². The molecule has 8 nitrogen and oxygen atoms in total. The minimum Gasteiger partial charge on any atom is -0.394 e. The van der Waals surface area contributed by atoms with E-state index in [0.29, 0.717) is 11.2 Å². The second kappa shape index (κ2) is 4.32. The summed E-state index contributed by atoms with van der Waals surface area (Å²) in [6.07, 6.45) is 0.548. The number of imidazole rings is 1. The van der Waals surface area contributed by atoms with Crippen LogP contribution in [-0.4, -0.2) is 54.4 Å². The first kappa shape index (κ1) is 12.1. The average Bonchev–Trinajstić information content (AvgIpc) is 3.06. The number of nitriles is 1. The Morgan fingerprint density at radius 1 is 1.37 bits per heavy atom. The highest BCUT2D eigenvalue weighted by atomic mass is 16.6. The standard InChI is InChI=1S/C11H12N4O4/c12-3-6-4-13-15-2-1-14(10(6)15)11-9(18)8(17)7(5-16)19-11/h1-2,4,7-9,11,16-18H,5H2/t7-,8+,9+,11+/m0/s1. The van der Waals surface area contributed by atoms with Crippen molar-refractivity contribution in [1.82, 2.24) is 14.2 Å². The van der Waals surface area contributed by atoms with Crippen LogP contribution in [-0.2, 0) is 4.74 Å². The molecule has 0 radical (unpaired) electrons. The third kappa shape index (κ3) is 1.64. The fourth-order valence-electron chi connectivity index (χ4n) is 2.32. The number of rotatable bonds is 2. The third-order valence-electron chi connectivity index (χ3n) is 3.29. The Kier molecular flexibility index (Phi) is 2.76. The van der Waals surface area contributed by atoms with Gasteiger partial charge in [-0.05, 0) is 0 Å². The molecule has 1 fully saturated rings. The van der Waals surface area contributed by atoms with Gasteiger partial charge in [-0.15, -0.1) is 0 Å². The van der Waals surface area contributed by atoms with Gasteiger partial charge in [0.2, 0.25) is 0 Å². The van der Waals surface area contributed by atoms with E-state index in [9.17, 15) is 10.2 Å². The maximum atomic E-state index is 9.97. The Balaban J connectivity index is 2.06. The number of hydrogen-bond acceptors (Lipinski definition) is 6. The molecule has 0 amide bonds. The van der Waals surface area contributed by atoms with E-state index < -0.39 is 31.1 Å². The first-order valence-corrected chi connectivity index (χ1v) is 5.74. The van der Waals surface area contributed by atoms with Crippen LogP contribution in [0.5, 0.6) is 0 Å². The maximum absolute atomic E-state index is 9.97. The molecule has 1 aliphatic rings. The fourth-order valence-corrected chi connectivity index (χ4v) is 2.32. The normalized spacial score (nSPS) is 30.8. The molecule has 0 aliphatic carbocycles. The lowest BCUT2D eigenvalue weighted by Crippen LogP contribution is -2.33. The Morgan fingerprint density at radius 2 is 2.16 bits per heavy atom. The van der Waals surface area contributed by atoms with Crippen molar-refractivity contribution in [3.63, 3.8) is 0 Å². The largest absolute Gasteiger partial charge is 0.394 e. The van der Waals surface area contributed by atoms with Crippen molar-refractivity contribution in [3.05, 3.63) is 24.2 Å². The van der Waals surface area contributed by atoms with E-state index >= 15 is 0 Å². The smallest absolute Gasteiger partial charge is 0.164 e. The monoisotopic (exact) mass is 264 g/mol. The summed E-state index contributed by atoms with van der Waals surface area (Å²) >= 11 is 0. The van der Waals surface area contributed by atoms with Crippen molar-refractivity contribution >= 4 is 5.65 Å². The van der Waals surface area contributed by atoms with Crippen LogP contribution in [0.4, 0.5) is 0 Å². The molecule has 19 heavy (non-hydrogen) atoms. The molecule has 3 rings (SSSR count). The van der Waals surface area contributed by atoms with Gasteiger partial charge >= 0.3 is 0 Å². The first-order valence-electron chi connectivity index (χ1n) is 5.74. The zero-order chi connectivity index (χ0) is 13.6. The number of aliphatic hydroxyl groups is 3. The molecule has 0 bridgehead atoms. The van der Waals surface area contributed by atoms with Crippen LogP contribution in [0.1, 0.15) is 11.8 Å². The van der Waals surface area contributed by atoms with Crippen LogP contribution in [0.2, 0.25) is 0 Å². The molecule has 100 valence electrons. The van der Waals surface area contributed by atoms with Crippen molar-refractivity contribution in [2.75, 3.05) is 6.61 Å². The van der Waals surface area contributed by atoms with E-state index in [1.807, 2.05) is 6.07 Å². The summed E-state index contributed by atoms with van der Waals surface area (Å²) in [6.45, 7) is -0.392. The molecular formula is C11H12N4O4. The molecule has 2 aromatic heterocycles. The number of nitrogens with zero attached hydrogens (tertiary/aromatic N) is 4. The lowest BCUT2D eigenvalue weighted by atomic mass is 10.1. The summed E-state index contributed by atoms with van der Waals surface area (Å²) in [4.78, 5) is 0. The first-order chi connectivity index (χ1) is 9.17. The molecule has 0 spiro atoms. The zero-order valence-corrected chi connectivity index (χ0v) is 9.79. The Morgan fingerprint density at radius 3 is 2.79 bits per heavy atom. The van der Waals surface area contributed by atoms with E-state index in [4.69, 9.17) is 15.1 Å². The third-order valence-corrected chi connectivity index (χ3v) is 3.29. The topological polar surface area (TPSA) is 116 Å². The molecule has 0 unspecified atom stereocenters. The Hall–Kier alpha value is -1.92. The van der Waals surface area contributed by atoms with Crippen molar-refractivity contribution in [2.45, 2.75) is 24.5 Å². The van der Waals surface area contributed by atoms with Crippen LogP contribution in [0.15, 0.2) is 18.6 Å². The van der Waals surface area contributed by atoms with Crippen LogP contribution in [0, 0.1) is 11.3 Å². The quantitative estimate of drug-likeness (QED) is 0.615. The van der Waals surface area contributed by atoms with Crippen LogP contribution in [0.3, 0.4) is 0 Å². The maximum Gasteiger partial charge on any atom is 0.164 e. The summed E-state index contributed by atoms with van der Waals surface area (Å²) in [7, 11) is 0. The highest BCUT2D eigenvalue weighted by Crippen LogP contribution is 2.31. The van der Waals surface area contributed by atoms with E-state index in [-0.39, 0.29) is 0 Å². The van der Waals surface area contributed by atoms with E-state index in [1.54, 1.807) is 12.4 Å². The predicted molar refractivity (Wildman–Crippen MR) is 60.9 cm³/mol. The molecule has 8 heteroatoms. The second-order valence-electron chi connectivity index (χ2n) is 4.37. The summed E-state index contributed by atoms with van der Waals surface area (Å²) < 4.78 is 8.42. The van der Waals surface area contributed by atoms with Crippen LogP contribution < -0.4 is 0 Å². The van der Waals surface area contributed by atoms with Gasteiger partial charge in [0.1, 0.15) is 29.9 Å². The summed E-state index contributed by atoms with van der Waals surface area (Å²) in [5.74, 6) is 0. The fraction of sp³-hybridized carbons (Fsp3) is 0.455. The molecular weight excluding hydrogens is 252 g/mol. The number of hydrogen-bond donors (Lipinski definition) is 3. The summed E-state index contributed by atoms with van der Waals surface area (Å²) in [6, 6.07) is 2.00. The van der Waals surface area contributed by atoms with Crippen LogP contribution in [0.25, 0.3) is 5.65 Å². The van der Waals surface area contributed by atoms with E-state index in [0.717, 1.165) is 0 Å². The lowest BCUT2D eigenvalue weighted by Gasteiger charge is -2.16. The highest BCUT2D eigenvalue weighted by Gasteiger charge is 2.43. The SMILES string of the molecule is N#Cc1cnn2ccn([C@@H]3O[C@@H](CO)[C@@H](O)[C@H]3O)c12. The Labute approximate surface area is 107 Å². The van der Waals surface area contributed by atoms with E-state index in [1.165, 1.54) is 15.3 Å². The summed E-state index contributed by atoms with van der Waals surface area (Å²) in [5.41, 5.74) is 0.806. The molecule has 2 aromatic rings. The number of aliphatic hydroxyl groups excluding tert-OH is 3. The minimum atomic E-state index is -1.19. The average molecular weight is 264 g/mol. The van der Waals surface area contributed by atoms with Crippen LogP contribution >= 0.6 is 0 Å². The molecule has 0 saturated carbocycles. The lowest BCUT2D eigenvalue weighted by molar-refractivity contribution is -0.0508. The van der Waals surface area contributed by atoms with Crippen molar-refractivity contribution in [3.8, 4) is 6.07 Å². The highest BCUT2D eigenvalue weighted by molar-refractivity contribution is 5.55. The van der Waals surface area contributed by atoms with Gasteiger partial charge in [-0.1, -0.05) is 0 Å². The number of aromatic nitrogens is 3. The predicted octanol–water partition coefficient (Wildman–Crippen LogP) is -1.38. The van der Waals surface area contributed by atoms with Gasteiger partial charge in [0.05, 0.1) is 12.8 Å².